The lowest BCUT2D eigenvalue weighted by molar-refractivity contribution is 0.0330. The largest absolute Gasteiger partial charge is 0.330 e. The maximum absolute atomic E-state index is 6.36. The second-order valence-corrected chi connectivity index (χ2v) is 6.96. The first-order chi connectivity index (χ1) is 8.61. The number of benzene rings is 1. The second kappa shape index (κ2) is 4.40. The molecule has 0 bridgehead atoms. The normalized spacial score (nSPS) is 24.2. The molecule has 0 aliphatic heterocycles. The van der Waals surface area contributed by atoms with Crippen LogP contribution in [0.15, 0.2) is 18.2 Å². The van der Waals surface area contributed by atoms with Gasteiger partial charge in [-0.15, -0.1) is 0 Å². The van der Waals surface area contributed by atoms with Crippen LogP contribution < -0.4 is 5.73 Å². The third-order valence-electron chi connectivity index (χ3n) is 4.97. The molecular formula is C15H19Cl2N. The molecule has 1 spiro atoms. The summed E-state index contributed by atoms with van der Waals surface area (Å²) in [7, 11) is 0. The van der Waals surface area contributed by atoms with Gasteiger partial charge in [-0.2, -0.15) is 0 Å². The smallest absolute Gasteiger partial charge is 0.0459 e. The molecule has 98 valence electrons. The monoisotopic (exact) mass is 283 g/mol. The predicted molar refractivity (Wildman–Crippen MR) is 77.3 cm³/mol. The Morgan fingerprint density at radius 3 is 2.11 bits per heavy atom. The van der Waals surface area contributed by atoms with Gasteiger partial charge < -0.3 is 5.73 Å². The Labute approximate surface area is 119 Å². The van der Waals surface area contributed by atoms with Gasteiger partial charge >= 0.3 is 0 Å². The van der Waals surface area contributed by atoms with E-state index in [4.69, 9.17) is 28.9 Å². The molecule has 2 aliphatic rings. The van der Waals surface area contributed by atoms with Gasteiger partial charge in [-0.1, -0.05) is 42.1 Å². The van der Waals surface area contributed by atoms with E-state index in [1.807, 2.05) is 18.2 Å². The van der Waals surface area contributed by atoms with Crippen LogP contribution in [0.2, 0.25) is 10.0 Å². The maximum Gasteiger partial charge on any atom is 0.0459 e. The summed E-state index contributed by atoms with van der Waals surface area (Å²) in [5.74, 6) is 0. The third kappa shape index (κ3) is 1.79. The summed E-state index contributed by atoms with van der Waals surface area (Å²) in [6.07, 6.45) is 7.79. The molecule has 2 fully saturated rings. The van der Waals surface area contributed by atoms with E-state index in [2.05, 4.69) is 0 Å². The van der Waals surface area contributed by atoms with Gasteiger partial charge in [0.1, 0.15) is 0 Å². The molecule has 2 saturated carbocycles. The van der Waals surface area contributed by atoms with Crippen LogP contribution in [0.3, 0.4) is 0 Å². The molecule has 1 aromatic rings. The average molecular weight is 284 g/mol. The quantitative estimate of drug-likeness (QED) is 0.847. The Morgan fingerprint density at radius 2 is 1.61 bits per heavy atom. The molecule has 0 atom stereocenters. The summed E-state index contributed by atoms with van der Waals surface area (Å²) in [5, 5.41) is 1.56. The first kappa shape index (κ1) is 12.8. The van der Waals surface area contributed by atoms with Gasteiger partial charge in [0.15, 0.2) is 0 Å². The molecule has 2 aliphatic carbocycles. The number of rotatable bonds is 2. The van der Waals surface area contributed by atoms with Crippen LogP contribution in [-0.2, 0) is 5.41 Å². The van der Waals surface area contributed by atoms with E-state index in [1.54, 1.807) is 0 Å². The Kier molecular flexibility index (Phi) is 3.12. The molecule has 1 aromatic carbocycles. The van der Waals surface area contributed by atoms with Crippen molar-refractivity contribution in [1.82, 2.24) is 0 Å². The second-order valence-electron chi connectivity index (χ2n) is 6.14. The first-order valence-corrected chi connectivity index (χ1v) is 7.51. The van der Waals surface area contributed by atoms with E-state index in [0.29, 0.717) is 12.0 Å². The van der Waals surface area contributed by atoms with E-state index in [0.717, 1.165) is 15.6 Å². The van der Waals surface area contributed by atoms with Crippen molar-refractivity contribution < 1.29 is 0 Å². The zero-order valence-electron chi connectivity index (χ0n) is 10.5. The highest BCUT2D eigenvalue weighted by Crippen LogP contribution is 2.64. The van der Waals surface area contributed by atoms with Crippen LogP contribution >= 0.6 is 23.2 Å². The Morgan fingerprint density at radius 1 is 1.06 bits per heavy atom. The van der Waals surface area contributed by atoms with Gasteiger partial charge in [-0.3, -0.25) is 0 Å². The van der Waals surface area contributed by atoms with Crippen molar-refractivity contribution in [3.63, 3.8) is 0 Å². The fourth-order valence-electron chi connectivity index (χ4n) is 4.29. The van der Waals surface area contributed by atoms with Crippen LogP contribution in [0.4, 0.5) is 0 Å². The lowest BCUT2D eigenvalue weighted by Crippen LogP contribution is -2.53. The summed E-state index contributed by atoms with van der Waals surface area (Å²) in [4.78, 5) is 0. The number of nitrogens with two attached hydrogens (primary N) is 1. The topological polar surface area (TPSA) is 26.0 Å². The molecule has 0 radical (unpaired) electrons. The molecule has 18 heavy (non-hydrogen) atoms. The molecule has 0 saturated heterocycles. The van der Waals surface area contributed by atoms with E-state index in [-0.39, 0.29) is 5.41 Å². The first-order valence-electron chi connectivity index (χ1n) is 6.76. The lowest BCUT2D eigenvalue weighted by atomic mass is 9.49. The van der Waals surface area contributed by atoms with Crippen molar-refractivity contribution in [3.05, 3.63) is 33.8 Å². The maximum atomic E-state index is 6.36. The highest BCUT2D eigenvalue weighted by atomic mass is 35.5. The zero-order chi connectivity index (χ0) is 12.8. The summed E-state index contributed by atoms with van der Waals surface area (Å²) >= 11 is 12.7. The average Bonchev–Trinajstić information content (AvgIpc) is 2.76. The van der Waals surface area contributed by atoms with Crippen molar-refractivity contribution in [2.75, 3.05) is 6.54 Å². The number of hydrogen-bond acceptors (Lipinski definition) is 1. The number of hydrogen-bond donors (Lipinski definition) is 1. The molecule has 0 aromatic heterocycles. The van der Waals surface area contributed by atoms with Gasteiger partial charge in [-0.05, 0) is 48.8 Å². The Bertz CT molecular complexity index is 435. The van der Waals surface area contributed by atoms with Crippen molar-refractivity contribution in [2.24, 2.45) is 11.1 Å². The highest BCUT2D eigenvalue weighted by Gasteiger charge is 2.56. The SMILES string of the molecule is NCC1(c2c(Cl)cccc2Cl)CC2(CCCC2)C1. The van der Waals surface area contributed by atoms with Gasteiger partial charge in [0, 0.05) is 22.0 Å². The summed E-state index contributed by atoms with van der Waals surface area (Å²) < 4.78 is 0. The van der Waals surface area contributed by atoms with Crippen molar-refractivity contribution >= 4 is 23.2 Å². The van der Waals surface area contributed by atoms with E-state index in [1.165, 1.54) is 38.5 Å². The molecule has 3 rings (SSSR count). The fourth-order valence-corrected chi connectivity index (χ4v) is 5.09. The van der Waals surface area contributed by atoms with Crippen molar-refractivity contribution in [3.8, 4) is 0 Å². The van der Waals surface area contributed by atoms with Crippen molar-refractivity contribution in [1.29, 1.82) is 0 Å². The van der Waals surface area contributed by atoms with Gasteiger partial charge in [0.25, 0.3) is 0 Å². The molecule has 0 amide bonds. The van der Waals surface area contributed by atoms with E-state index >= 15 is 0 Å². The fraction of sp³-hybridized carbons (Fsp3) is 0.600. The minimum absolute atomic E-state index is 0.0275. The molecular weight excluding hydrogens is 265 g/mol. The number of halogens is 2. The van der Waals surface area contributed by atoms with E-state index < -0.39 is 0 Å². The van der Waals surface area contributed by atoms with Crippen LogP contribution in [0.5, 0.6) is 0 Å². The molecule has 0 unspecified atom stereocenters. The highest BCUT2D eigenvalue weighted by molar-refractivity contribution is 6.36. The summed E-state index contributed by atoms with van der Waals surface area (Å²) in [5.41, 5.74) is 7.73. The van der Waals surface area contributed by atoms with E-state index in [9.17, 15) is 0 Å². The lowest BCUT2D eigenvalue weighted by Gasteiger charge is -2.55. The Hall–Kier alpha value is -0.240. The predicted octanol–water partition coefficient (Wildman–Crippen LogP) is 4.54. The molecule has 2 N–H and O–H groups in total. The minimum Gasteiger partial charge on any atom is -0.330 e. The molecule has 1 nitrogen and oxygen atoms in total. The summed E-state index contributed by atoms with van der Waals surface area (Å²) in [6.45, 7) is 0.651. The zero-order valence-corrected chi connectivity index (χ0v) is 12.0. The standard InChI is InChI=1S/C15H19Cl2N/c16-11-4-3-5-12(17)13(11)15(10-18)8-14(9-15)6-1-2-7-14/h3-5H,1-2,6-10,18H2. The van der Waals surface area contributed by atoms with Crippen LogP contribution in [0.25, 0.3) is 0 Å². The van der Waals surface area contributed by atoms with Crippen LogP contribution in [0, 0.1) is 5.41 Å². The summed E-state index contributed by atoms with van der Waals surface area (Å²) in [6, 6.07) is 5.77. The van der Waals surface area contributed by atoms with Gasteiger partial charge in [-0.25, -0.2) is 0 Å². The minimum atomic E-state index is 0.0275. The third-order valence-corrected chi connectivity index (χ3v) is 5.60. The van der Waals surface area contributed by atoms with Crippen LogP contribution in [-0.4, -0.2) is 6.54 Å². The Balaban J connectivity index is 1.94. The van der Waals surface area contributed by atoms with Crippen LogP contribution in [0.1, 0.15) is 44.1 Å². The van der Waals surface area contributed by atoms with Gasteiger partial charge in [0.05, 0.1) is 0 Å². The van der Waals surface area contributed by atoms with Gasteiger partial charge in [0.2, 0.25) is 0 Å². The molecule has 3 heteroatoms. The molecule has 0 heterocycles. The van der Waals surface area contributed by atoms with Crippen molar-refractivity contribution in [2.45, 2.75) is 43.9 Å².